The molecular formula is C21H26N2O2S. The number of piperidine rings is 1. The number of nitrogens with one attached hydrogen (secondary N) is 1. The average Bonchev–Trinajstić information content (AvgIpc) is 3.16. The highest BCUT2D eigenvalue weighted by molar-refractivity contribution is 7.09. The van der Waals surface area contributed by atoms with Crippen molar-refractivity contribution in [3.63, 3.8) is 0 Å². The number of benzene rings is 1. The SMILES string of the molecule is Cc1ccccc1C(=O)NC1CCN(C(=O)CCCc2cccs2)CC1. The molecule has 1 aromatic heterocycles. The van der Waals surface area contributed by atoms with Crippen LogP contribution in [0.15, 0.2) is 41.8 Å². The summed E-state index contributed by atoms with van der Waals surface area (Å²) in [7, 11) is 0. The van der Waals surface area contributed by atoms with Crippen molar-refractivity contribution in [2.24, 2.45) is 0 Å². The molecule has 1 aliphatic rings. The van der Waals surface area contributed by atoms with Gasteiger partial charge in [-0.1, -0.05) is 24.3 Å². The quantitative estimate of drug-likeness (QED) is 0.841. The summed E-state index contributed by atoms with van der Waals surface area (Å²) in [6, 6.07) is 12.0. The molecule has 0 atom stereocenters. The number of carbonyl (C=O) groups is 2. The third-order valence-electron chi connectivity index (χ3n) is 4.97. The lowest BCUT2D eigenvalue weighted by Gasteiger charge is -2.32. The van der Waals surface area contributed by atoms with Crippen LogP contribution in [0.4, 0.5) is 0 Å². The minimum absolute atomic E-state index is 0.0103. The van der Waals surface area contributed by atoms with Gasteiger partial charge in [-0.15, -0.1) is 11.3 Å². The Morgan fingerprint density at radius 3 is 2.62 bits per heavy atom. The number of nitrogens with zero attached hydrogens (tertiary/aromatic N) is 1. The minimum atomic E-state index is -0.0103. The molecule has 2 heterocycles. The van der Waals surface area contributed by atoms with E-state index in [2.05, 4.69) is 22.8 Å². The van der Waals surface area contributed by atoms with Gasteiger partial charge in [0.15, 0.2) is 0 Å². The maximum absolute atomic E-state index is 12.4. The van der Waals surface area contributed by atoms with E-state index in [1.165, 1.54) is 4.88 Å². The van der Waals surface area contributed by atoms with Crippen molar-refractivity contribution >= 4 is 23.2 Å². The monoisotopic (exact) mass is 370 g/mol. The molecule has 0 radical (unpaired) electrons. The second kappa shape index (κ2) is 8.99. The van der Waals surface area contributed by atoms with Gasteiger partial charge in [0.05, 0.1) is 0 Å². The molecule has 26 heavy (non-hydrogen) atoms. The molecule has 0 unspecified atom stereocenters. The summed E-state index contributed by atoms with van der Waals surface area (Å²) >= 11 is 1.75. The number of carbonyl (C=O) groups excluding carboxylic acids is 2. The molecule has 0 aliphatic carbocycles. The fraction of sp³-hybridized carbons (Fsp3) is 0.429. The second-order valence-corrected chi connectivity index (χ2v) is 7.91. The molecule has 2 aromatic rings. The maximum atomic E-state index is 12.4. The molecular weight excluding hydrogens is 344 g/mol. The summed E-state index contributed by atoms with van der Waals surface area (Å²) in [4.78, 5) is 28.1. The number of thiophene rings is 1. The number of hydrogen-bond donors (Lipinski definition) is 1. The summed E-state index contributed by atoms with van der Waals surface area (Å²) in [5.41, 5.74) is 1.72. The summed E-state index contributed by atoms with van der Waals surface area (Å²) in [5, 5.41) is 5.20. The van der Waals surface area contributed by atoms with Gasteiger partial charge in [0, 0.05) is 36.0 Å². The van der Waals surface area contributed by atoms with Gasteiger partial charge < -0.3 is 10.2 Å². The predicted molar refractivity (Wildman–Crippen MR) is 106 cm³/mol. The standard InChI is InChI=1S/C21H26N2O2S/c1-16-6-2-3-9-19(16)21(25)22-17-11-13-23(14-12-17)20(24)10-4-7-18-8-5-15-26-18/h2-3,5-6,8-9,15,17H,4,7,10-14H2,1H3,(H,22,25). The number of amides is 2. The molecule has 1 N–H and O–H groups in total. The van der Waals surface area contributed by atoms with Crippen LogP contribution in [0.5, 0.6) is 0 Å². The normalized spacial score (nSPS) is 15.0. The van der Waals surface area contributed by atoms with Gasteiger partial charge in [0.2, 0.25) is 5.91 Å². The Hall–Kier alpha value is -2.14. The van der Waals surface area contributed by atoms with Gasteiger partial charge in [0.25, 0.3) is 5.91 Å². The van der Waals surface area contributed by atoms with Gasteiger partial charge in [-0.3, -0.25) is 9.59 Å². The first-order valence-electron chi connectivity index (χ1n) is 9.30. The first-order chi connectivity index (χ1) is 12.6. The Morgan fingerprint density at radius 1 is 1.15 bits per heavy atom. The highest BCUT2D eigenvalue weighted by Crippen LogP contribution is 2.16. The first kappa shape index (κ1) is 18.6. The van der Waals surface area contributed by atoms with Crippen LogP contribution in [0.25, 0.3) is 0 Å². The zero-order valence-electron chi connectivity index (χ0n) is 15.2. The smallest absolute Gasteiger partial charge is 0.251 e. The van der Waals surface area contributed by atoms with Gasteiger partial charge >= 0.3 is 0 Å². The molecule has 0 spiro atoms. The average molecular weight is 371 g/mol. The molecule has 1 aromatic carbocycles. The molecule has 5 heteroatoms. The third-order valence-corrected chi connectivity index (χ3v) is 5.90. The first-order valence-corrected chi connectivity index (χ1v) is 10.2. The van der Waals surface area contributed by atoms with Gasteiger partial charge in [-0.25, -0.2) is 0 Å². The van der Waals surface area contributed by atoms with E-state index in [1.54, 1.807) is 11.3 Å². The van der Waals surface area contributed by atoms with E-state index in [0.717, 1.165) is 49.9 Å². The van der Waals surface area contributed by atoms with Gasteiger partial charge in [-0.05, 0) is 55.7 Å². The van der Waals surface area contributed by atoms with Crippen LogP contribution in [0.3, 0.4) is 0 Å². The number of aryl methyl sites for hydroxylation is 2. The predicted octanol–water partition coefficient (Wildman–Crippen LogP) is 3.80. The van der Waals surface area contributed by atoms with E-state index >= 15 is 0 Å². The highest BCUT2D eigenvalue weighted by Gasteiger charge is 2.24. The maximum Gasteiger partial charge on any atom is 0.251 e. The van der Waals surface area contributed by atoms with Crippen molar-refractivity contribution in [3.8, 4) is 0 Å². The van der Waals surface area contributed by atoms with Crippen molar-refractivity contribution in [1.29, 1.82) is 0 Å². The number of likely N-dealkylation sites (tertiary alicyclic amines) is 1. The minimum Gasteiger partial charge on any atom is -0.349 e. The van der Waals surface area contributed by atoms with E-state index in [-0.39, 0.29) is 17.9 Å². The van der Waals surface area contributed by atoms with Crippen molar-refractivity contribution in [3.05, 3.63) is 57.8 Å². The summed E-state index contributed by atoms with van der Waals surface area (Å²) in [5.74, 6) is 0.231. The van der Waals surface area contributed by atoms with E-state index in [0.29, 0.717) is 6.42 Å². The molecule has 1 saturated heterocycles. The van der Waals surface area contributed by atoms with E-state index in [9.17, 15) is 9.59 Å². The van der Waals surface area contributed by atoms with E-state index in [1.807, 2.05) is 36.1 Å². The summed E-state index contributed by atoms with van der Waals surface area (Å²) in [6.07, 6.45) is 4.15. The largest absolute Gasteiger partial charge is 0.349 e. The molecule has 1 fully saturated rings. The summed E-state index contributed by atoms with van der Waals surface area (Å²) < 4.78 is 0. The lowest BCUT2D eigenvalue weighted by molar-refractivity contribution is -0.132. The topological polar surface area (TPSA) is 49.4 Å². The molecule has 4 nitrogen and oxygen atoms in total. The fourth-order valence-corrected chi connectivity index (χ4v) is 4.14. The van der Waals surface area contributed by atoms with Crippen LogP contribution in [-0.4, -0.2) is 35.8 Å². The van der Waals surface area contributed by atoms with Gasteiger partial charge in [-0.2, -0.15) is 0 Å². The second-order valence-electron chi connectivity index (χ2n) is 6.88. The number of hydrogen-bond acceptors (Lipinski definition) is 3. The summed E-state index contributed by atoms with van der Waals surface area (Å²) in [6.45, 7) is 3.42. The molecule has 0 saturated carbocycles. The molecule has 0 bridgehead atoms. The Kier molecular flexibility index (Phi) is 6.45. The van der Waals surface area contributed by atoms with Crippen molar-refractivity contribution in [1.82, 2.24) is 10.2 Å². The van der Waals surface area contributed by atoms with Crippen LogP contribution in [0, 0.1) is 6.92 Å². The third kappa shape index (κ3) is 4.94. The zero-order chi connectivity index (χ0) is 18.4. The molecule has 2 amide bonds. The van der Waals surface area contributed by atoms with Crippen LogP contribution in [0.2, 0.25) is 0 Å². The lowest BCUT2D eigenvalue weighted by Crippen LogP contribution is -2.46. The zero-order valence-corrected chi connectivity index (χ0v) is 16.1. The Labute approximate surface area is 159 Å². The van der Waals surface area contributed by atoms with Crippen LogP contribution >= 0.6 is 11.3 Å². The lowest BCUT2D eigenvalue weighted by atomic mass is 10.0. The van der Waals surface area contributed by atoms with Crippen LogP contribution < -0.4 is 5.32 Å². The Morgan fingerprint density at radius 2 is 1.92 bits per heavy atom. The van der Waals surface area contributed by atoms with E-state index in [4.69, 9.17) is 0 Å². The van der Waals surface area contributed by atoms with Gasteiger partial charge in [0.1, 0.15) is 0 Å². The molecule has 1 aliphatic heterocycles. The van der Waals surface area contributed by atoms with Crippen LogP contribution in [-0.2, 0) is 11.2 Å². The van der Waals surface area contributed by atoms with Crippen LogP contribution in [0.1, 0.15) is 46.5 Å². The Bertz CT molecular complexity index is 734. The Balaban J connectivity index is 1.40. The molecule has 3 rings (SSSR count). The van der Waals surface area contributed by atoms with Crippen molar-refractivity contribution < 1.29 is 9.59 Å². The number of rotatable bonds is 6. The molecule has 138 valence electrons. The fourth-order valence-electron chi connectivity index (χ4n) is 3.39. The highest BCUT2D eigenvalue weighted by atomic mass is 32.1. The van der Waals surface area contributed by atoms with E-state index < -0.39 is 0 Å². The van der Waals surface area contributed by atoms with Crippen molar-refractivity contribution in [2.75, 3.05) is 13.1 Å². The van der Waals surface area contributed by atoms with Crippen molar-refractivity contribution in [2.45, 2.75) is 45.1 Å².